The Kier molecular flexibility index (Phi) is 2.89. The fourth-order valence-electron chi connectivity index (χ4n) is 2.80. The maximum Gasteiger partial charge on any atom is 0.224 e. The van der Waals surface area contributed by atoms with Crippen LogP contribution in [0.5, 0.6) is 0 Å². The quantitative estimate of drug-likeness (QED) is 0.813. The van der Waals surface area contributed by atoms with Crippen molar-refractivity contribution in [2.75, 3.05) is 13.1 Å². The molecule has 17 heavy (non-hydrogen) atoms. The molecule has 2 unspecified atom stereocenters. The van der Waals surface area contributed by atoms with Crippen LogP contribution >= 0.6 is 0 Å². The van der Waals surface area contributed by atoms with E-state index < -0.39 is 0 Å². The zero-order valence-corrected chi connectivity index (χ0v) is 9.87. The van der Waals surface area contributed by atoms with Crippen LogP contribution < -0.4 is 10.6 Å². The molecule has 2 heterocycles. The van der Waals surface area contributed by atoms with Gasteiger partial charge in [-0.3, -0.25) is 4.79 Å². The van der Waals surface area contributed by atoms with E-state index in [1.165, 1.54) is 5.56 Å². The summed E-state index contributed by atoms with van der Waals surface area (Å²) in [5.74, 6) is 1.38. The van der Waals surface area contributed by atoms with Crippen LogP contribution in [0.4, 0.5) is 0 Å². The third-order valence-electron chi connectivity index (χ3n) is 3.80. The second-order valence-electron chi connectivity index (χ2n) is 4.94. The van der Waals surface area contributed by atoms with E-state index in [1.54, 1.807) is 6.26 Å². The van der Waals surface area contributed by atoms with E-state index in [0.29, 0.717) is 0 Å². The van der Waals surface area contributed by atoms with Gasteiger partial charge in [0.2, 0.25) is 5.91 Å². The van der Waals surface area contributed by atoms with Crippen LogP contribution in [0, 0.1) is 5.92 Å². The summed E-state index contributed by atoms with van der Waals surface area (Å²) in [7, 11) is 0. The van der Waals surface area contributed by atoms with Crippen molar-refractivity contribution in [1.82, 2.24) is 10.6 Å². The standard InChI is InChI=1S/C13H18N2O2/c16-13(9-4-6-14-8-9)15-11-2-1-3-12-10(11)5-7-17-12/h5,7,9,11,14H,1-4,6,8H2,(H,15,16). The fourth-order valence-corrected chi connectivity index (χ4v) is 2.80. The summed E-state index contributed by atoms with van der Waals surface area (Å²) in [6.07, 6.45) is 5.80. The molecule has 0 saturated carbocycles. The van der Waals surface area contributed by atoms with E-state index in [-0.39, 0.29) is 17.9 Å². The Hall–Kier alpha value is -1.29. The van der Waals surface area contributed by atoms with Crippen molar-refractivity contribution in [3.8, 4) is 0 Å². The average molecular weight is 234 g/mol. The molecule has 1 amide bonds. The van der Waals surface area contributed by atoms with Gasteiger partial charge < -0.3 is 15.1 Å². The minimum atomic E-state index is 0.146. The smallest absolute Gasteiger partial charge is 0.224 e. The lowest BCUT2D eigenvalue weighted by Crippen LogP contribution is -2.36. The second kappa shape index (κ2) is 4.53. The molecule has 4 heteroatoms. The van der Waals surface area contributed by atoms with Crippen LogP contribution in [0.1, 0.15) is 36.6 Å². The van der Waals surface area contributed by atoms with Gasteiger partial charge in [-0.2, -0.15) is 0 Å². The number of fused-ring (bicyclic) bond motifs is 1. The first-order valence-electron chi connectivity index (χ1n) is 6.42. The number of aryl methyl sites for hydroxylation is 1. The summed E-state index contributed by atoms with van der Waals surface area (Å²) in [5, 5.41) is 6.39. The van der Waals surface area contributed by atoms with Gasteiger partial charge in [0.15, 0.2) is 0 Å². The van der Waals surface area contributed by atoms with Gasteiger partial charge in [0.1, 0.15) is 5.76 Å². The van der Waals surface area contributed by atoms with E-state index in [0.717, 1.165) is 44.5 Å². The highest BCUT2D eigenvalue weighted by molar-refractivity contribution is 5.79. The van der Waals surface area contributed by atoms with Gasteiger partial charge in [-0.1, -0.05) is 0 Å². The topological polar surface area (TPSA) is 54.3 Å². The number of hydrogen-bond acceptors (Lipinski definition) is 3. The second-order valence-corrected chi connectivity index (χ2v) is 4.94. The van der Waals surface area contributed by atoms with Crippen molar-refractivity contribution in [2.24, 2.45) is 5.92 Å². The SMILES string of the molecule is O=C(NC1CCCc2occc21)C1CCNC1. The van der Waals surface area contributed by atoms with Crippen LogP contribution in [0.25, 0.3) is 0 Å². The van der Waals surface area contributed by atoms with Gasteiger partial charge in [-0.25, -0.2) is 0 Å². The lowest BCUT2D eigenvalue weighted by Gasteiger charge is -2.24. The lowest BCUT2D eigenvalue weighted by atomic mass is 9.93. The molecule has 0 radical (unpaired) electrons. The molecule has 92 valence electrons. The predicted octanol–water partition coefficient (Wildman–Crippen LogP) is 1.38. The molecule has 4 nitrogen and oxygen atoms in total. The fraction of sp³-hybridized carbons (Fsp3) is 0.615. The molecule has 2 aliphatic rings. The third kappa shape index (κ3) is 2.09. The Morgan fingerprint density at radius 3 is 3.24 bits per heavy atom. The Balaban J connectivity index is 1.68. The first-order chi connectivity index (χ1) is 8.34. The van der Waals surface area contributed by atoms with Gasteiger partial charge in [0.25, 0.3) is 0 Å². The summed E-state index contributed by atoms with van der Waals surface area (Å²) in [6.45, 7) is 1.77. The minimum Gasteiger partial charge on any atom is -0.469 e. The van der Waals surface area contributed by atoms with Gasteiger partial charge >= 0.3 is 0 Å². The molecule has 1 aliphatic carbocycles. The van der Waals surface area contributed by atoms with Crippen LogP contribution in [0.15, 0.2) is 16.7 Å². The number of amides is 1. The monoisotopic (exact) mass is 234 g/mol. The van der Waals surface area contributed by atoms with Crippen molar-refractivity contribution >= 4 is 5.91 Å². The third-order valence-corrected chi connectivity index (χ3v) is 3.80. The zero-order chi connectivity index (χ0) is 11.7. The van der Waals surface area contributed by atoms with Crippen molar-refractivity contribution in [3.05, 3.63) is 23.7 Å². The van der Waals surface area contributed by atoms with Crippen molar-refractivity contribution in [3.63, 3.8) is 0 Å². The summed E-state index contributed by atoms with van der Waals surface area (Å²) in [5.41, 5.74) is 1.18. The maximum atomic E-state index is 12.1. The normalized spacial score (nSPS) is 27.8. The average Bonchev–Trinajstić information content (AvgIpc) is 3.00. The Bertz CT molecular complexity index is 407. The summed E-state index contributed by atoms with van der Waals surface area (Å²) in [6, 6.07) is 2.15. The molecule has 0 bridgehead atoms. The first-order valence-corrected chi connectivity index (χ1v) is 6.42. The Morgan fingerprint density at radius 2 is 2.41 bits per heavy atom. The summed E-state index contributed by atoms with van der Waals surface area (Å²) in [4.78, 5) is 12.1. The maximum absolute atomic E-state index is 12.1. The van der Waals surface area contributed by atoms with Crippen LogP contribution in [0.2, 0.25) is 0 Å². The lowest BCUT2D eigenvalue weighted by molar-refractivity contribution is -0.125. The van der Waals surface area contributed by atoms with Gasteiger partial charge in [0.05, 0.1) is 18.2 Å². The molecule has 2 atom stereocenters. The van der Waals surface area contributed by atoms with Crippen LogP contribution in [-0.4, -0.2) is 19.0 Å². The van der Waals surface area contributed by atoms with Crippen LogP contribution in [0.3, 0.4) is 0 Å². The number of carbonyl (C=O) groups excluding carboxylic acids is 1. The van der Waals surface area contributed by atoms with E-state index in [4.69, 9.17) is 4.42 Å². The molecule has 0 spiro atoms. The summed E-state index contributed by atoms with van der Waals surface area (Å²) >= 11 is 0. The van der Waals surface area contributed by atoms with Crippen LogP contribution in [-0.2, 0) is 11.2 Å². The molecule has 1 aromatic rings. The predicted molar refractivity (Wildman–Crippen MR) is 63.5 cm³/mol. The highest BCUT2D eigenvalue weighted by atomic mass is 16.3. The van der Waals surface area contributed by atoms with E-state index >= 15 is 0 Å². The van der Waals surface area contributed by atoms with E-state index in [2.05, 4.69) is 10.6 Å². The van der Waals surface area contributed by atoms with E-state index in [1.807, 2.05) is 6.07 Å². The molecular formula is C13H18N2O2. The Labute approximate surface area is 101 Å². The molecule has 0 aromatic carbocycles. The molecular weight excluding hydrogens is 216 g/mol. The van der Waals surface area contributed by atoms with Gasteiger partial charge in [0, 0.05) is 18.5 Å². The van der Waals surface area contributed by atoms with Gasteiger partial charge in [-0.15, -0.1) is 0 Å². The Morgan fingerprint density at radius 1 is 1.47 bits per heavy atom. The molecule has 1 saturated heterocycles. The molecule has 1 fully saturated rings. The number of furan rings is 1. The van der Waals surface area contributed by atoms with Crippen molar-refractivity contribution in [2.45, 2.75) is 31.7 Å². The minimum absolute atomic E-state index is 0.146. The first kappa shape index (κ1) is 10.8. The largest absolute Gasteiger partial charge is 0.469 e. The van der Waals surface area contributed by atoms with Crippen molar-refractivity contribution in [1.29, 1.82) is 0 Å². The molecule has 2 N–H and O–H groups in total. The highest BCUT2D eigenvalue weighted by Crippen LogP contribution is 2.30. The zero-order valence-electron chi connectivity index (χ0n) is 9.87. The number of nitrogens with one attached hydrogen (secondary N) is 2. The number of carbonyl (C=O) groups is 1. The van der Waals surface area contributed by atoms with Gasteiger partial charge in [-0.05, 0) is 31.9 Å². The van der Waals surface area contributed by atoms with Crippen molar-refractivity contribution < 1.29 is 9.21 Å². The molecule has 1 aliphatic heterocycles. The summed E-state index contributed by atoms with van der Waals surface area (Å²) < 4.78 is 5.43. The number of hydrogen-bond donors (Lipinski definition) is 2. The molecule has 3 rings (SSSR count). The number of rotatable bonds is 2. The highest BCUT2D eigenvalue weighted by Gasteiger charge is 2.28. The van der Waals surface area contributed by atoms with E-state index in [9.17, 15) is 4.79 Å². The molecule has 1 aromatic heterocycles.